The summed E-state index contributed by atoms with van der Waals surface area (Å²) in [7, 11) is 0. The van der Waals surface area contributed by atoms with Crippen LogP contribution in [0.3, 0.4) is 0 Å². The molecule has 0 atom stereocenters. The molecule has 1 amide bonds. The molecule has 3 rings (SSSR count). The van der Waals surface area contributed by atoms with E-state index in [4.69, 9.17) is 11.6 Å². The third kappa shape index (κ3) is 3.09. The summed E-state index contributed by atoms with van der Waals surface area (Å²) in [5.41, 5.74) is 4.17. The van der Waals surface area contributed by atoms with Crippen LogP contribution in [0, 0.1) is 6.92 Å². The fourth-order valence-electron chi connectivity index (χ4n) is 2.88. The molecule has 22 heavy (non-hydrogen) atoms. The van der Waals surface area contributed by atoms with E-state index in [1.807, 2.05) is 31.2 Å². The first-order valence-electron chi connectivity index (χ1n) is 7.53. The molecule has 0 aromatic heterocycles. The summed E-state index contributed by atoms with van der Waals surface area (Å²) in [4.78, 5) is 14.5. The number of anilines is 2. The maximum absolute atomic E-state index is 12.4. The topological polar surface area (TPSA) is 32.3 Å². The molecule has 0 aliphatic carbocycles. The molecule has 0 saturated carbocycles. The van der Waals surface area contributed by atoms with E-state index in [0.29, 0.717) is 11.6 Å². The van der Waals surface area contributed by atoms with Gasteiger partial charge in [-0.15, -0.1) is 0 Å². The number of hydrogen-bond donors (Lipinski definition) is 1. The van der Waals surface area contributed by atoms with E-state index in [1.165, 1.54) is 11.3 Å². The molecule has 1 aliphatic rings. The number of rotatable bonds is 3. The Morgan fingerprint density at radius 1 is 1.23 bits per heavy atom. The number of para-hydroxylation sites is 1. The van der Waals surface area contributed by atoms with Gasteiger partial charge in [0, 0.05) is 22.9 Å². The van der Waals surface area contributed by atoms with Gasteiger partial charge in [0.25, 0.3) is 0 Å². The number of aryl methyl sites for hydroxylation is 1. The van der Waals surface area contributed by atoms with E-state index in [-0.39, 0.29) is 5.91 Å². The highest BCUT2D eigenvalue weighted by molar-refractivity contribution is 6.31. The molecule has 0 spiro atoms. The van der Waals surface area contributed by atoms with Crippen LogP contribution in [0.15, 0.2) is 42.5 Å². The molecule has 2 aromatic rings. The molecule has 0 radical (unpaired) electrons. The van der Waals surface area contributed by atoms with Gasteiger partial charge in [0.2, 0.25) is 5.91 Å². The van der Waals surface area contributed by atoms with Crippen LogP contribution >= 0.6 is 11.6 Å². The largest absolute Gasteiger partial charge is 0.362 e. The summed E-state index contributed by atoms with van der Waals surface area (Å²) in [5, 5.41) is 3.63. The summed E-state index contributed by atoms with van der Waals surface area (Å²) in [6.07, 6.45) is 2.17. The van der Waals surface area contributed by atoms with Crippen molar-refractivity contribution in [2.75, 3.05) is 23.3 Å². The van der Waals surface area contributed by atoms with Crippen molar-refractivity contribution in [1.82, 2.24) is 0 Å². The van der Waals surface area contributed by atoms with Crippen LogP contribution in [0.1, 0.15) is 17.5 Å². The molecular weight excluding hydrogens is 296 g/mol. The van der Waals surface area contributed by atoms with Gasteiger partial charge in [-0.05, 0) is 49.1 Å². The third-order valence-electron chi connectivity index (χ3n) is 4.08. The van der Waals surface area contributed by atoms with Gasteiger partial charge in [0.15, 0.2) is 0 Å². The Labute approximate surface area is 135 Å². The minimum atomic E-state index is -0.0120. The van der Waals surface area contributed by atoms with Crippen molar-refractivity contribution in [3.05, 3.63) is 58.6 Å². The lowest BCUT2D eigenvalue weighted by molar-refractivity contribution is -0.115. The number of nitrogens with zero attached hydrogens (tertiary/aromatic N) is 1. The predicted molar refractivity (Wildman–Crippen MR) is 91.8 cm³/mol. The van der Waals surface area contributed by atoms with Gasteiger partial charge >= 0.3 is 0 Å². The second-order valence-electron chi connectivity index (χ2n) is 5.61. The van der Waals surface area contributed by atoms with Crippen molar-refractivity contribution in [3.63, 3.8) is 0 Å². The van der Waals surface area contributed by atoms with Crippen LogP contribution in [0.25, 0.3) is 0 Å². The highest BCUT2D eigenvalue weighted by Gasteiger charge is 2.19. The zero-order valence-corrected chi connectivity index (χ0v) is 13.4. The molecule has 0 fully saturated rings. The Morgan fingerprint density at radius 2 is 2.05 bits per heavy atom. The first kappa shape index (κ1) is 14.9. The SMILES string of the molecule is Cc1c(Cl)cccc1NC(=O)CN1CCCc2ccccc21. The molecule has 0 bridgehead atoms. The average Bonchev–Trinajstić information content (AvgIpc) is 2.52. The van der Waals surface area contributed by atoms with E-state index in [2.05, 4.69) is 28.4 Å². The van der Waals surface area contributed by atoms with E-state index >= 15 is 0 Å². The number of nitrogens with one attached hydrogen (secondary N) is 1. The summed E-state index contributed by atoms with van der Waals surface area (Å²) in [6, 6.07) is 13.9. The molecule has 0 unspecified atom stereocenters. The zero-order valence-electron chi connectivity index (χ0n) is 12.6. The van der Waals surface area contributed by atoms with Gasteiger partial charge in [0.05, 0.1) is 6.54 Å². The lowest BCUT2D eigenvalue weighted by Crippen LogP contribution is -2.36. The summed E-state index contributed by atoms with van der Waals surface area (Å²) >= 11 is 6.09. The second kappa shape index (κ2) is 6.41. The minimum absolute atomic E-state index is 0.0120. The molecule has 0 saturated heterocycles. The first-order chi connectivity index (χ1) is 10.6. The van der Waals surface area contributed by atoms with Crippen molar-refractivity contribution >= 4 is 28.9 Å². The highest BCUT2D eigenvalue weighted by atomic mass is 35.5. The van der Waals surface area contributed by atoms with Crippen molar-refractivity contribution < 1.29 is 4.79 Å². The van der Waals surface area contributed by atoms with E-state index in [0.717, 1.165) is 30.6 Å². The van der Waals surface area contributed by atoms with Gasteiger partial charge in [-0.1, -0.05) is 35.9 Å². The molecule has 2 aromatic carbocycles. The summed E-state index contributed by atoms with van der Waals surface area (Å²) < 4.78 is 0. The van der Waals surface area contributed by atoms with E-state index in [1.54, 1.807) is 0 Å². The normalized spacial score (nSPS) is 13.6. The lowest BCUT2D eigenvalue weighted by Gasteiger charge is -2.30. The second-order valence-corrected chi connectivity index (χ2v) is 6.02. The summed E-state index contributed by atoms with van der Waals surface area (Å²) in [6.45, 7) is 3.19. The number of hydrogen-bond acceptors (Lipinski definition) is 2. The van der Waals surface area contributed by atoms with Crippen LogP contribution in [0.5, 0.6) is 0 Å². The molecule has 1 N–H and O–H groups in total. The van der Waals surface area contributed by atoms with Gasteiger partial charge in [0.1, 0.15) is 0 Å². The third-order valence-corrected chi connectivity index (χ3v) is 4.49. The first-order valence-corrected chi connectivity index (χ1v) is 7.91. The van der Waals surface area contributed by atoms with Crippen LogP contribution in [-0.4, -0.2) is 19.0 Å². The van der Waals surface area contributed by atoms with Crippen molar-refractivity contribution in [3.8, 4) is 0 Å². The average molecular weight is 315 g/mol. The summed E-state index contributed by atoms with van der Waals surface area (Å²) in [5.74, 6) is -0.0120. The Balaban J connectivity index is 1.72. The number of halogens is 1. The van der Waals surface area contributed by atoms with Crippen LogP contribution in [0.4, 0.5) is 11.4 Å². The van der Waals surface area contributed by atoms with Gasteiger partial charge < -0.3 is 10.2 Å². The van der Waals surface area contributed by atoms with Crippen molar-refractivity contribution in [1.29, 1.82) is 0 Å². The number of amides is 1. The number of carbonyl (C=O) groups is 1. The fraction of sp³-hybridized carbons (Fsp3) is 0.278. The van der Waals surface area contributed by atoms with Crippen molar-refractivity contribution in [2.24, 2.45) is 0 Å². The smallest absolute Gasteiger partial charge is 0.243 e. The Kier molecular flexibility index (Phi) is 4.34. The maximum Gasteiger partial charge on any atom is 0.243 e. The number of benzene rings is 2. The van der Waals surface area contributed by atoms with Gasteiger partial charge in [-0.25, -0.2) is 0 Å². The minimum Gasteiger partial charge on any atom is -0.362 e. The quantitative estimate of drug-likeness (QED) is 0.927. The molecule has 3 nitrogen and oxygen atoms in total. The molecule has 1 heterocycles. The zero-order chi connectivity index (χ0) is 15.5. The van der Waals surface area contributed by atoms with E-state index < -0.39 is 0 Å². The fourth-order valence-corrected chi connectivity index (χ4v) is 3.06. The molecule has 4 heteroatoms. The Morgan fingerprint density at radius 3 is 2.91 bits per heavy atom. The van der Waals surface area contributed by atoms with Crippen LogP contribution in [-0.2, 0) is 11.2 Å². The van der Waals surface area contributed by atoms with Gasteiger partial charge in [-0.3, -0.25) is 4.79 Å². The van der Waals surface area contributed by atoms with E-state index in [9.17, 15) is 4.79 Å². The predicted octanol–water partition coefficient (Wildman–Crippen LogP) is 4.04. The number of carbonyl (C=O) groups excluding carboxylic acids is 1. The number of fused-ring (bicyclic) bond motifs is 1. The van der Waals surface area contributed by atoms with Crippen LogP contribution < -0.4 is 10.2 Å². The van der Waals surface area contributed by atoms with Crippen molar-refractivity contribution in [2.45, 2.75) is 19.8 Å². The standard InChI is InChI=1S/C18H19ClN2O/c1-13-15(19)8-4-9-16(13)20-18(22)12-21-11-5-7-14-6-2-3-10-17(14)21/h2-4,6,8-10H,5,7,11-12H2,1H3,(H,20,22). The maximum atomic E-state index is 12.4. The molecule has 114 valence electrons. The Hall–Kier alpha value is -2.00. The highest BCUT2D eigenvalue weighted by Crippen LogP contribution is 2.27. The monoisotopic (exact) mass is 314 g/mol. The Bertz CT molecular complexity index is 699. The molecular formula is C18H19ClN2O. The van der Waals surface area contributed by atoms with Crippen LogP contribution in [0.2, 0.25) is 5.02 Å². The lowest BCUT2D eigenvalue weighted by atomic mass is 10.0. The van der Waals surface area contributed by atoms with Gasteiger partial charge in [-0.2, -0.15) is 0 Å². The molecule has 1 aliphatic heterocycles.